The van der Waals surface area contributed by atoms with Crippen LogP contribution in [-0.2, 0) is 36.8 Å². The van der Waals surface area contributed by atoms with Gasteiger partial charge in [0.05, 0.1) is 18.7 Å². The molecule has 0 spiro atoms. The van der Waals surface area contributed by atoms with Crippen LogP contribution in [0.1, 0.15) is 30.9 Å². The number of ether oxygens (including phenoxy) is 1. The van der Waals surface area contributed by atoms with Crippen LogP contribution in [0.2, 0.25) is 0 Å². The van der Waals surface area contributed by atoms with Crippen molar-refractivity contribution in [2.45, 2.75) is 56.3 Å². The maximum absolute atomic E-state index is 13.5. The minimum Gasteiger partial charge on any atom is -0.370 e. The molecule has 2 aromatic carbocycles. The average Bonchev–Trinajstić information content (AvgIpc) is 3.62. The smallest absolute Gasteiger partial charge is 0.243 e. The summed E-state index contributed by atoms with van der Waals surface area (Å²) in [7, 11) is 1.60. The Labute approximate surface area is 211 Å². The molecule has 0 bridgehead atoms. The molecule has 0 saturated carbocycles. The summed E-state index contributed by atoms with van der Waals surface area (Å²) in [5.41, 5.74) is 6.05. The standard InChI is InChI=1S/C27H34N4O5/c1-27(17-36-27)24(33)21(15-18-9-5-3-6-10-18)30-26(35)22(16-19-11-7-4-8-12-19)31-25(34)20(29-2)13-14-23(28)32/h3-12,20-22,29H,13-17H2,1-2H3,(H2,28,32)(H,30,35)(H,31,34). The van der Waals surface area contributed by atoms with E-state index in [1.807, 2.05) is 60.7 Å². The number of epoxide rings is 1. The molecule has 1 aliphatic heterocycles. The SMILES string of the molecule is CNC(CCC(N)=O)C(=O)NC(Cc1ccccc1)C(=O)NC(Cc1ccccc1)C(=O)C1(C)CO1. The number of hydrogen-bond acceptors (Lipinski definition) is 6. The number of likely N-dealkylation sites (N-methyl/N-ethyl adjacent to an activating group) is 1. The molecule has 36 heavy (non-hydrogen) atoms. The Balaban J connectivity index is 1.79. The first kappa shape index (κ1) is 27.0. The van der Waals surface area contributed by atoms with Crippen LogP contribution in [-0.4, -0.2) is 60.9 Å². The maximum Gasteiger partial charge on any atom is 0.243 e. The van der Waals surface area contributed by atoms with Gasteiger partial charge < -0.3 is 26.4 Å². The summed E-state index contributed by atoms with van der Waals surface area (Å²) >= 11 is 0. The van der Waals surface area contributed by atoms with Gasteiger partial charge in [0.15, 0.2) is 5.78 Å². The van der Waals surface area contributed by atoms with Gasteiger partial charge in [-0.1, -0.05) is 60.7 Å². The fourth-order valence-electron chi connectivity index (χ4n) is 3.97. The lowest BCUT2D eigenvalue weighted by molar-refractivity contribution is -0.133. The van der Waals surface area contributed by atoms with E-state index in [1.165, 1.54) is 0 Å². The molecule has 1 aliphatic rings. The van der Waals surface area contributed by atoms with E-state index in [-0.39, 0.29) is 25.0 Å². The molecule has 192 valence electrons. The van der Waals surface area contributed by atoms with Crippen molar-refractivity contribution >= 4 is 23.5 Å². The van der Waals surface area contributed by atoms with Crippen LogP contribution in [0.4, 0.5) is 0 Å². The first-order valence-electron chi connectivity index (χ1n) is 12.0. The van der Waals surface area contributed by atoms with Crippen LogP contribution < -0.4 is 21.7 Å². The molecule has 3 amide bonds. The minimum atomic E-state index is -0.941. The number of hydrogen-bond donors (Lipinski definition) is 4. The van der Waals surface area contributed by atoms with Gasteiger partial charge in [-0.2, -0.15) is 0 Å². The second kappa shape index (κ2) is 12.4. The van der Waals surface area contributed by atoms with Crippen molar-refractivity contribution in [3.05, 3.63) is 71.8 Å². The zero-order chi connectivity index (χ0) is 26.1. The Morgan fingerprint density at radius 2 is 1.33 bits per heavy atom. The predicted molar refractivity (Wildman–Crippen MR) is 135 cm³/mol. The number of primary amides is 1. The van der Waals surface area contributed by atoms with Gasteiger partial charge in [-0.05, 0) is 37.9 Å². The molecule has 2 aromatic rings. The highest BCUT2D eigenvalue weighted by molar-refractivity contribution is 5.98. The van der Waals surface area contributed by atoms with Crippen LogP contribution in [0.5, 0.6) is 0 Å². The van der Waals surface area contributed by atoms with Crippen molar-refractivity contribution in [1.82, 2.24) is 16.0 Å². The van der Waals surface area contributed by atoms with Gasteiger partial charge in [0.2, 0.25) is 17.7 Å². The van der Waals surface area contributed by atoms with Crippen molar-refractivity contribution in [1.29, 1.82) is 0 Å². The van der Waals surface area contributed by atoms with Crippen molar-refractivity contribution in [3.63, 3.8) is 0 Å². The largest absolute Gasteiger partial charge is 0.370 e. The molecule has 0 aliphatic carbocycles. The lowest BCUT2D eigenvalue weighted by Gasteiger charge is -2.25. The number of nitrogens with one attached hydrogen (secondary N) is 3. The maximum atomic E-state index is 13.5. The molecule has 1 heterocycles. The summed E-state index contributed by atoms with van der Waals surface area (Å²) in [5.74, 6) is -1.63. The lowest BCUT2D eigenvalue weighted by Crippen LogP contribution is -2.57. The first-order valence-corrected chi connectivity index (χ1v) is 12.0. The summed E-state index contributed by atoms with van der Waals surface area (Å²) in [6.07, 6.45) is 0.752. The van der Waals surface area contributed by atoms with Gasteiger partial charge in [0, 0.05) is 12.8 Å². The van der Waals surface area contributed by atoms with E-state index in [0.717, 1.165) is 11.1 Å². The third-order valence-electron chi connectivity index (χ3n) is 6.27. The second-order valence-corrected chi connectivity index (χ2v) is 9.23. The number of Topliss-reactive ketones (excluding diaryl/α,β-unsaturated/α-hetero) is 1. The fraction of sp³-hybridized carbons (Fsp3) is 0.407. The Kier molecular flexibility index (Phi) is 9.32. The van der Waals surface area contributed by atoms with Gasteiger partial charge in [-0.15, -0.1) is 0 Å². The molecule has 1 saturated heterocycles. The van der Waals surface area contributed by atoms with E-state index in [9.17, 15) is 19.2 Å². The summed E-state index contributed by atoms with van der Waals surface area (Å²) in [4.78, 5) is 50.9. The number of amides is 3. The molecule has 9 nitrogen and oxygen atoms in total. The third kappa shape index (κ3) is 7.73. The number of carbonyl (C=O) groups is 4. The van der Waals surface area contributed by atoms with Crippen molar-refractivity contribution < 1.29 is 23.9 Å². The van der Waals surface area contributed by atoms with Gasteiger partial charge in [-0.25, -0.2) is 0 Å². The van der Waals surface area contributed by atoms with Gasteiger partial charge >= 0.3 is 0 Å². The summed E-state index contributed by atoms with van der Waals surface area (Å²) in [6.45, 7) is 2.01. The van der Waals surface area contributed by atoms with Crippen LogP contribution in [0.25, 0.3) is 0 Å². The van der Waals surface area contributed by atoms with Crippen molar-refractivity contribution in [2.75, 3.05) is 13.7 Å². The Bertz CT molecular complexity index is 1060. The quantitative estimate of drug-likeness (QED) is 0.284. The molecule has 0 aromatic heterocycles. The van der Waals surface area contributed by atoms with Crippen LogP contribution >= 0.6 is 0 Å². The zero-order valence-electron chi connectivity index (χ0n) is 20.7. The van der Waals surface area contributed by atoms with Gasteiger partial charge in [0.25, 0.3) is 0 Å². The normalized spacial score (nSPS) is 18.9. The minimum absolute atomic E-state index is 0.0285. The lowest BCUT2D eigenvalue weighted by atomic mass is 9.94. The average molecular weight is 495 g/mol. The third-order valence-corrected chi connectivity index (χ3v) is 6.27. The Morgan fingerprint density at radius 1 is 0.861 bits per heavy atom. The number of ketones is 1. The first-order chi connectivity index (χ1) is 17.2. The van der Waals surface area contributed by atoms with E-state index in [0.29, 0.717) is 13.0 Å². The molecular weight excluding hydrogens is 460 g/mol. The molecular formula is C27H34N4O5. The summed E-state index contributed by atoms with van der Waals surface area (Å²) < 4.78 is 5.35. The number of carbonyl (C=O) groups excluding carboxylic acids is 4. The second-order valence-electron chi connectivity index (χ2n) is 9.23. The van der Waals surface area contributed by atoms with E-state index in [1.54, 1.807) is 14.0 Å². The monoisotopic (exact) mass is 494 g/mol. The highest BCUT2D eigenvalue weighted by atomic mass is 16.6. The molecule has 0 radical (unpaired) electrons. The highest BCUT2D eigenvalue weighted by Crippen LogP contribution is 2.29. The molecule has 4 unspecified atom stereocenters. The van der Waals surface area contributed by atoms with Crippen molar-refractivity contribution in [2.24, 2.45) is 5.73 Å². The van der Waals surface area contributed by atoms with Crippen LogP contribution in [0, 0.1) is 0 Å². The number of nitrogens with two attached hydrogens (primary N) is 1. The van der Waals surface area contributed by atoms with Gasteiger partial charge in [-0.3, -0.25) is 19.2 Å². The summed E-state index contributed by atoms with van der Waals surface area (Å²) in [5, 5.41) is 8.52. The number of rotatable bonds is 14. The van der Waals surface area contributed by atoms with Crippen LogP contribution in [0.15, 0.2) is 60.7 Å². The van der Waals surface area contributed by atoms with Gasteiger partial charge in [0.1, 0.15) is 11.6 Å². The highest BCUT2D eigenvalue weighted by Gasteiger charge is 2.50. The topological polar surface area (TPSA) is 143 Å². The molecule has 4 atom stereocenters. The van der Waals surface area contributed by atoms with E-state index < -0.39 is 41.4 Å². The van der Waals surface area contributed by atoms with E-state index in [2.05, 4.69) is 16.0 Å². The van der Waals surface area contributed by atoms with E-state index in [4.69, 9.17) is 10.5 Å². The van der Waals surface area contributed by atoms with E-state index >= 15 is 0 Å². The Morgan fingerprint density at radius 3 is 1.81 bits per heavy atom. The summed E-state index contributed by atoms with van der Waals surface area (Å²) in [6, 6.07) is 16.2. The zero-order valence-corrected chi connectivity index (χ0v) is 20.7. The Hall–Kier alpha value is -3.56. The molecule has 5 N–H and O–H groups in total. The predicted octanol–water partition coefficient (Wildman–Crippen LogP) is 0.653. The van der Waals surface area contributed by atoms with Crippen molar-refractivity contribution in [3.8, 4) is 0 Å². The molecule has 3 rings (SSSR count). The fourth-order valence-corrected chi connectivity index (χ4v) is 3.97. The number of benzene rings is 2. The molecule has 1 fully saturated rings. The van der Waals surface area contributed by atoms with Crippen LogP contribution in [0.3, 0.4) is 0 Å². The molecule has 9 heteroatoms.